The summed E-state index contributed by atoms with van der Waals surface area (Å²) in [5, 5.41) is 0. The van der Waals surface area contributed by atoms with Crippen molar-refractivity contribution in [3.63, 3.8) is 0 Å². The third-order valence-electron chi connectivity index (χ3n) is 6.24. The molecule has 0 atom stereocenters. The van der Waals surface area contributed by atoms with E-state index in [2.05, 4.69) is 6.92 Å². The van der Waals surface area contributed by atoms with E-state index in [0.29, 0.717) is 0 Å². The molecule has 0 aliphatic heterocycles. The van der Waals surface area contributed by atoms with E-state index in [9.17, 15) is 0 Å². The maximum absolute atomic E-state index is 2.33. The Morgan fingerprint density at radius 3 is 1.74 bits per heavy atom. The Kier molecular flexibility index (Phi) is 6.97. The van der Waals surface area contributed by atoms with E-state index in [1.165, 1.54) is 35.9 Å². The maximum Gasteiger partial charge on any atom is 0.00314 e. The van der Waals surface area contributed by atoms with Gasteiger partial charge < -0.3 is 0 Å². The molecule has 19 heavy (non-hydrogen) atoms. The smallest absolute Gasteiger partial charge is 0.00314 e. The first-order chi connectivity index (χ1) is 9.33. The van der Waals surface area contributed by atoms with Crippen molar-refractivity contribution in [1.29, 1.82) is 0 Å². The van der Waals surface area contributed by atoms with Gasteiger partial charge in [-0.25, -0.2) is 0 Å². The van der Waals surface area contributed by atoms with Crippen molar-refractivity contribution in [3.05, 3.63) is 0 Å². The standard InChI is InChI=1S/C18H36Si/c1-2-3-4-5-15-6-10-17(11-7-15)18-12-8-16(14-19)9-13-18/h15-18H,2-14H2,1,19H3. The third-order valence-corrected chi connectivity index (χ3v) is 7.40. The molecule has 2 saturated carbocycles. The summed E-state index contributed by atoms with van der Waals surface area (Å²) < 4.78 is 0. The Balaban J connectivity index is 1.63. The van der Waals surface area contributed by atoms with Crippen LogP contribution in [-0.2, 0) is 0 Å². The van der Waals surface area contributed by atoms with Gasteiger partial charge >= 0.3 is 0 Å². The van der Waals surface area contributed by atoms with Crippen LogP contribution < -0.4 is 0 Å². The molecule has 0 aromatic rings. The highest BCUT2D eigenvalue weighted by molar-refractivity contribution is 6.08. The van der Waals surface area contributed by atoms with Crippen LogP contribution in [0.1, 0.15) is 84.0 Å². The summed E-state index contributed by atoms with van der Waals surface area (Å²) in [5.41, 5.74) is 0. The number of unbranched alkanes of at least 4 members (excludes halogenated alkanes) is 2. The zero-order chi connectivity index (χ0) is 13.5. The van der Waals surface area contributed by atoms with E-state index >= 15 is 0 Å². The van der Waals surface area contributed by atoms with Gasteiger partial charge in [0.15, 0.2) is 0 Å². The molecule has 0 unspecified atom stereocenters. The quantitative estimate of drug-likeness (QED) is 0.476. The summed E-state index contributed by atoms with van der Waals surface area (Å²) in [5.74, 6) is 4.48. The van der Waals surface area contributed by atoms with Gasteiger partial charge in [0.05, 0.1) is 0 Å². The van der Waals surface area contributed by atoms with Crippen LogP contribution >= 0.6 is 0 Å². The summed E-state index contributed by atoms with van der Waals surface area (Å²) in [6, 6.07) is 1.57. The van der Waals surface area contributed by atoms with Gasteiger partial charge in [-0.2, -0.15) is 0 Å². The summed E-state index contributed by atoms with van der Waals surface area (Å²) in [6.45, 7) is 2.33. The Bertz CT molecular complexity index is 222. The van der Waals surface area contributed by atoms with E-state index < -0.39 is 0 Å². The minimum absolute atomic E-state index is 1.10. The van der Waals surface area contributed by atoms with Gasteiger partial charge in [0.2, 0.25) is 0 Å². The van der Waals surface area contributed by atoms with Gasteiger partial charge in [0.1, 0.15) is 0 Å². The molecule has 0 amide bonds. The second-order valence-electron chi connectivity index (χ2n) is 7.47. The van der Waals surface area contributed by atoms with Crippen LogP contribution in [0.25, 0.3) is 0 Å². The summed E-state index contributed by atoms with van der Waals surface area (Å²) in [7, 11) is 1.43. The Labute approximate surface area is 124 Å². The fraction of sp³-hybridized carbons (Fsp3) is 1.00. The monoisotopic (exact) mass is 280 g/mol. The lowest BCUT2D eigenvalue weighted by Crippen LogP contribution is -2.25. The van der Waals surface area contributed by atoms with E-state index in [4.69, 9.17) is 0 Å². The molecule has 0 aromatic carbocycles. The highest BCUT2D eigenvalue weighted by Gasteiger charge is 2.30. The molecule has 0 saturated heterocycles. The summed E-state index contributed by atoms with van der Waals surface area (Å²) in [6.07, 6.45) is 18.5. The van der Waals surface area contributed by atoms with Crippen LogP contribution in [0.5, 0.6) is 0 Å². The lowest BCUT2D eigenvalue weighted by molar-refractivity contribution is 0.147. The second kappa shape index (κ2) is 8.49. The van der Waals surface area contributed by atoms with Gasteiger partial charge in [-0.1, -0.05) is 64.3 Å². The van der Waals surface area contributed by atoms with Gasteiger partial charge in [-0.3, -0.25) is 0 Å². The molecular formula is C18H36Si. The van der Waals surface area contributed by atoms with Gasteiger partial charge in [-0.15, -0.1) is 0 Å². The molecular weight excluding hydrogens is 244 g/mol. The van der Waals surface area contributed by atoms with Crippen LogP contribution in [-0.4, -0.2) is 10.2 Å². The lowest BCUT2D eigenvalue weighted by atomic mass is 9.69. The summed E-state index contributed by atoms with van der Waals surface area (Å²) in [4.78, 5) is 0. The minimum atomic E-state index is 1.10. The predicted molar refractivity (Wildman–Crippen MR) is 89.8 cm³/mol. The molecule has 0 spiro atoms. The topological polar surface area (TPSA) is 0 Å². The van der Waals surface area contributed by atoms with Crippen LogP contribution in [0.4, 0.5) is 0 Å². The molecule has 1 heteroatoms. The molecule has 0 N–H and O–H groups in total. The van der Waals surface area contributed by atoms with Gasteiger partial charge in [-0.05, 0) is 49.4 Å². The number of hydrogen-bond donors (Lipinski definition) is 0. The molecule has 0 nitrogen and oxygen atoms in total. The zero-order valence-electron chi connectivity index (χ0n) is 13.5. The lowest BCUT2D eigenvalue weighted by Gasteiger charge is -2.37. The van der Waals surface area contributed by atoms with E-state index in [1.807, 2.05) is 0 Å². The van der Waals surface area contributed by atoms with Crippen molar-refractivity contribution in [2.24, 2.45) is 23.7 Å². The Morgan fingerprint density at radius 1 is 0.737 bits per heavy atom. The molecule has 0 heterocycles. The largest absolute Gasteiger partial charge is 0.0654 e. The fourth-order valence-electron chi connectivity index (χ4n) is 4.70. The van der Waals surface area contributed by atoms with Gasteiger partial charge in [0.25, 0.3) is 0 Å². The van der Waals surface area contributed by atoms with Crippen LogP contribution in [0.2, 0.25) is 6.04 Å². The van der Waals surface area contributed by atoms with Crippen LogP contribution in [0.15, 0.2) is 0 Å². The zero-order valence-corrected chi connectivity index (χ0v) is 15.5. The van der Waals surface area contributed by atoms with Crippen molar-refractivity contribution in [2.45, 2.75) is 90.0 Å². The second-order valence-corrected chi connectivity index (χ2v) is 8.28. The average molecular weight is 281 g/mol. The van der Waals surface area contributed by atoms with E-state index in [1.54, 1.807) is 57.4 Å². The number of hydrogen-bond acceptors (Lipinski definition) is 0. The molecule has 0 aromatic heterocycles. The molecule has 0 bridgehead atoms. The van der Waals surface area contributed by atoms with Crippen molar-refractivity contribution < 1.29 is 0 Å². The van der Waals surface area contributed by atoms with Crippen molar-refractivity contribution in [2.75, 3.05) is 0 Å². The molecule has 2 rings (SSSR count). The van der Waals surface area contributed by atoms with E-state index in [0.717, 1.165) is 23.7 Å². The molecule has 2 fully saturated rings. The van der Waals surface area contributed by atoms with Crippen LogP contribution in [0, 0.1) is 23.7 Å². The highest BCUT2D eigenvalue weighted by Crippen LogP contribution is 2.42. The first kappa shape index (κ1) is 15.6. The van der Waals surface area contributed by atoms with Gasteiger partial charge in [0, 0.05) is 10.2 Å². The first-order valence-corrected chi connectivity index (χ1v) is 10.7. The molecule has 0 radical (unpaired) electrons. The summed E-state index contributed by atoms with van der Waals surface area (Å²) >= 11 is 0. The van der Waals surface area contributed by atoms with Crippen molar-refractivity contribution >= 4 is 10.2 Å². The molecule has 112 valence electrons. The maximum atomic E-state index is 2.33. The molecule has 2 aliphatic rings. The Morgan fingerprint density at radius 2 is 1.26 bits per heavy atom. The Hall–Kier alpha value is 0.217. The average Bonchev–Trinajstić information content (AvgIpc) is 2.48. The highest BCUT2D eigenvalue weighted by atomic mass is 28.1. The fourth-order valence-corrected chi connectivity index (χ4v) is 5.52. The SMILES string of the molecule is CCCCCC1CCC(C2CCC(C[SiH3])CC2)CC1. The van der Waals surface area contributed by atoms with Crippen molar-refractivity contribution in [1.82, 2.24) is 0 Å². The van der Waals surface area contributed by atoms with Crippen molar-refractivity contribution in [3.8, 4) is 0 Å². The minimum Gasteiger partial charge on any atom is -0.0654 e. The first-order valence-electron chi connectivity index (χ1n) is 9.33. The third kappa shape index (κ3) is 4.92. The predicted octanol–water partition coefficient (Wildman–Crippen LogP) is 4.96. The van der Waals surface area contributed by atoms with Crippen LogP contribution in [0.3, 0.4) is 0 Å². The van der Waals surface area contributed by atoms with E-state index in [-0.39, 0.29) is 0 Å². The normalized spacial score (nSPS) is 36.5. The number of rotatable bonds is 6. The molecule has 2 aliphatic carbocycles.